The van der Waals surface area contributed by atoms with Gasteiger partial charge in [-0.1, -0.05) is 0 Å². The zero-order valence-corrected chi connectivity index (χ0v) is 8.84. The zero-order valence-electron chi connectivity index (χ0n) is 8.84. The van der Waals surface area contributed by atoms with Crippen LogP contribution in [0.25, 0.3) is 0 Å². The quantitative estimate of drug-likeness (QED) is 0.839. The molecule has 0 fully saturated rings. The van der Waals surface area contributed by atoms with Gasteiger partial charge in [0.15, 0.2) is 0 Å². The van der Waals surface area contributed by atoms with Gasteiger partial charge in [-0.25, -0.2) is 4.98 Å². The van der Waals surface area contributed by atoms with Crippen molar-refractivity contribution in [3.05, 3.63) is 54.0 Å². The summed E-state index contributed by atoms with van der Waals surface area (Å²) in [6, 6.07) is 7.54. The van der Waals surface area contributed by atoms with E-state index in [2.05, 4.69) is 9.97 Å². The number of pyridine rings is 2. The van der Waals surface area contributed by atoms with Crippen LogP contribution in [0.1, 0.15) is 11.1 Å². The molecule has 2 heterocycles. The normalized spacial score (nSPS) is 10.1. The molecule has 0 aromatic carbocycles. The van der Waals surface area contributed by atoms with Crippen molar-refractivity contribution in [2.75, 3.05) is 0 Å². The van der Waals surface area contributed by atoms with E-state index >= 15 is 0 Å². The minimum Gasteiger partial charge on any atom is -0.473 e. The van der Waals surface area contributed by atoms with Crippen LogP contribution in [0.2, 0.25) is 0 Å². The second-order valence-corrected chi connectivity index (χ2v) is 3.35. The zero-order chi connectivity index (χ0) is 11.2. The highest BCUT2D eigenvalue weighted by Gasteiger charge is 1.98. The molecule has 0 aliphatic heterocycles. The number of ether oxygens (including phenoxy) is 1. The fraction of sp³-hybridized carbons (Fsp3) is 0.167. The van der Waals surface area contributed by atoms with Crippen molar-refractivity contribution in [2.45, 2.75) is 13.2 Å². The number of hydrogen-bond donors (Lipinski definition) is 1. The lowest BCUT2D eigenvalue weighted by molar-refractivity contribution is 0.293. The summed E-state index contributed by atoms with van der Waals surface area (Å²) in [5.41, 5.74) is 7.61. The van der Waals surface area contributed by atoms with Gasteiger partial charge in [0, 0.05) is 31.2 Å². The number of nitrogens with two attached hydrogens (primary N) is 1. The maximum Gasteiger partial charge on any atom is 0.213 e. The number of aromatic nitrogens is 2. The van der Waals surface area contributed by atoms with Gasteiger partial charge in [-0.3, -0.25) is 4.98 Å². The van der Waals surface area contributed by atoms with Crippen molar-refractivity contribution in [3.8, 4) is 5.88 Å². The summed E-state index contributed by atoms with van der Waals surface area (Å²) >= 11 is 0. The summed E-state index contributed by atoms with van der Waals surface area (Å²) in [6.07, 6.45) is 5.18. The first-order valence-corrected chi connectivity index (χ1v) is 5.05. The Morgan fingerprint density at radius 2 is 1.81 bits per heavy atom. The van der Waals surface area contributed by atoms with E-state index in [0.717, 1.165) is 11.1 Å². The predicted molar refractivity (Wildman–Crippen MR) is 60.7 cm³/mol. The maximum atomic E-state index is 5.54. The third-order valence-corrected chi connectivity index (χ3v) is 2.17. The van der Waals surface area contributed by atoms with Crippen LogP contribution in [0, 0.1) is 0 Å². The molecule has 2 aromatic rings. The molecule has 0 unspecified atom stereocenters. The van der Waals surface area contributed by atoms with Gasteiger partial charge in [-0.2, -0.15) is 0 Å². The van der Waals surface area contributed by atoms with E-state index in [1.165, 1.54) is 0 Å². The molecule has 0 spiro atoms. The highest BCUT2D eigenvalue weighted by atomic mass is 16.5. The van der Waals surface area contributed by atoms with Crippen molar-refractivity contribution < 1.29 is 4.74 Å². The SMILES string of the molecule is NCc1ccnc(OCc2ccncc2)c1. The molecule has 0 amide bonds. The van der Waals surface area contributed by atoms with Gasteiger partial charge in [-0.05, 0) is 29.3 Å². The van der Waals surface area contributed by atoms with Gasteiger partial charge in [0.2, 0.25) is 5.88 Å². The van der Waals surface area contributed by atoms with Crippen LogP contribution < -0.4 is 10.5 Å². The molecule has 0 bridgehead atoms. The third-order valence-electron chi connectivity index (χ3n) is 2.17. The van der Waals surface area contributed by atoms with Crippen LogP contribution in [0.5, 0.6) is 5.88 Å². The molecule has 16 heavy (non-hydrogen) atoms. The van der Waals surface area contributed by atoms with Gasteiger partial charge < -0.3 is 10.5 Å². The standard InChI is InChI=1S/C12H13N3O/c13-8-11-3-6-15-12(7-11)16-9-10-1-4-14-5-2-10/h1-7H,8-9,13H2. The lowest BCUT2D eigenvalue weighted by Crippen LogP contribution is -2.00. The number of rotatable bonds is 4. The first kappa shape index (κ1) is 10.6. The van der Waals surface area contributed by atoms with Gasteiger partial charge in [0.1, 0.15) is 6.61 Å². The molecule has 0 aliphatic rings. The summed E-state index contributed by atoms with van der Waals surface area (Å²) in [5, 5.41) is 0. The Hall–Kier alpha value is -1.94. The van der Waals surface area contributed by atoms with E-state index < -0.39 is 0 Å². The van der Waals surface area contributed by atoms with Crippen molar-refractivity contribution in [3.63, 3.8) is 0 Å². The molecule has 4 heteroatoms. The van der Waals surface area contributed by atoms with Crippen LogP contribution in [-0.2, 0) is 13.2 Å². The molecule has 0 atom stereocenters. The molecule has 0 saturated heterocycles. The van der Waals surface area contributed by atoms with E-state index in [-0.39, 0.29) is 0 Å². The van der Waals surface area contributed by atoms with E-state index in [9.17, 15) is 0 Å². The first-order valence-electron chi connectivity index (χ1n) is 5.05. The molecule has 2 rings (SSSR count). The largest absolute Gasteiger partial charge is 0.473 e. The lowest BCUT2D eigenvalue weighted by Gasteiger charge is -2.05. The van der Waals surface area contributed by atoms with Crippen molar-refractivity contribution in [1.29, 1.82) is 0 Å². The molecule has 2 aromatic heterocycles. The summed E-state index contributed by atoms with van der Waals surface area (Å²) in [5.74, 6) is 0.597. The van der Waals surface area contributed by atoms with Crippen molar-refractivity contribution >= 4 is 0 Å². The molecule has 82 valence electrons. The number of hydrogen-bond acceptors (Lipinski definition) is 4. The Balaban J connectivity index is 1.99. The average Bonchev–Trinajstić information content (AvgIpc) is 2.38. The van der Waals surface area contributed by atoms with Crippen molar-refractivity contribution in [1.82, 2.24) is 9.97 Å². The topological polar surface area (TPSA) is 61.0 Å². The van der Waals surface area contributed by atoms with Gasteiger partial charge >= 0.3 is 0 Å². The summed E-state index contributed by atoms with van der Waals surface area (Å²) in [6.45, 7) is 0.984. The van der Waals surface area contributed by atoms with E-state index in [0.29, 0.717) is 19.0 Å². The van der Waals surface area contributed by atoms with Crippen LogP contribution in [0.3, 0.4) is 0 Å². The second-order valence-electron chi connectivity index (χ2n) is 3.35. The van der Waals surface area contributed by atoms with Crippen LogP contribution in [-0.4, -0.2) is 9.97 Å². The molecular formula is C12H13N3O. The molecule has 0 aliphatic carbocycles. The Morgan fingerprint density at radius 3 is 2.56 bits per heavy atom. The Labute approximate surface area is 94.1 Å². The summed E-state index contributed by atoms with van der Waals surface area (Å²) < 4.78 is 5.54. The Kier molecular flexibility index (Phi) is 3.46. The minimum absolute atomic E-state index is 0.490. The third kappa shape index (κ3) is 2.77. The van der Waals surface area contributed by atoms with Gasteiger partial charge in [0.05, 0.1) is 0 Å². The molecule has 2 N–H and O–H groups in total. The Morgan fingerprint density at radius 1 is 1.06 bits per heavy atom. The van der Waals surface area contributed by atoms with Crippen LogP contribution in [0.4, 0.5) is 0 Å². The van der Waals surface area contributed by atoms with Crippen LogP contribution >= 0.6 is 0 Å². The maximum absolute atomic E-state index is 5.54. The fourth-order valence-corrected chi connectivity index (χ4v) is 1.29. The minimum atomic E-state index is 0.490. The summed E-state index contributed by atoms with van der Waals surface area (Å²) in [4.78, 5) is 8.05. The average molecular weight is 215 g/mol. The highest BCUT2D eigenvalue weighted by Crippen LogP contribution is 2.10. The highest BCUT2D eigenvalue weighted by molar-refractivity contribution is 5.20. The van der Waals surface area contributed by atoms with Gasteiger partial charge in [0.25, 0.3) is 0 Å². The monoisotopic (exact) mass is 215 g/mol. The Bertz CT molecular complexity index is 445. The lowest BCUT2D eigenvalue weighted by atomic mass is 10.3. The molecule has 0 saturated carbocycles. The van der Waals surface area contributed by atoms with E-state index in [1.807, 2.05) is 24.3 Å². The van der Waals surface area contributed by atoms with E-state index in [1.54, 1.807) is 18.6 Å². The summed E-state index contributed by atoms with van der Waals surface area (Å²) in [7, 11) is 0. The molecule has 0 radical (unpaired) electrons. The molecule has 4 nitrogen and oxygen atoms in total. The number of nitrogens with zero attached hydrogens (tertiary/aromatic N) is 2. The van der Waals surface area contributed by atoms with Gasteiger partial charge in [-0.15, -0.1) is 0 Å². The second kappa shape index (κ2) is 5.23. The molecular weight excluding hydrogens is 202 g/mol. The van der Waals surface area contributed by atoms with Crippen LogP contribution in [0.15, 0.2) is 42.9 Å². The fourth-order valence-electron chi connectivity index (χ4n) is 1.29. The van der Waals surface area contributed by atoms with E-state index in [4.69, 9.17) is 10.5 Å². The predicted octanol–water partition coefficient (Wildman–Crippen LogP) is 1.51. The smallest absolute Gasteiger partial charge is 0.213 e. The first-order chi connectivity index (χ1) is 7.88. The van der Waals surface area contributed by atoms with Crippen molar-refractivity contribution in [2.24, 2.45) is 5.73 Å².